The third-order valence-corrected chi connectivity index (χ3v) is 3.13. The number of imidazole rings is 1. The number of hydrazine groups is 1. The summed E-state index contributed by atoms with van der Waals surface area (Å²) in [7, 11) is 0. The van der Waals surface area contributed by atoms with E-state index in [9.17, 15) is 0 Å². The van der Waals surface area contributed by atoms with E-state index in [2.05, 4.69) is 42.8 Å². The van der Waals surface area contributed by atoms with Crippen LogP contribution in [0.25, 0.3) is 0 Å². The van der Waals surface area contributed by atoms with Crippen molar-refractivity contribution in [1.82, 2.24) is 20.0 Å². The minimum Gasteiger partial charge on any atom is -0.333 e. The molecule has 2 aromatic heterocycles. The molecule has 96 valence electrons. The molecule has 6 heteroatoms. The van der Waals surface area contributed by atoms with E-state index in [4.69, 9.17) is 5.84 Å². The summed E-state index contributed by atoms with van der Waals surface area (Å²) < 4.78 is 3.03. The molecule has 3 N–H and O–H groups in total. The number of hydrogen-bond donors (Lipinski definition) is 2. The number of pyridine rings is 1. The number of nitrogens with zero attached hydrogens (tertiary/aromatic N) is 3. The van der Waals surface area contributed by atoms with E-state index < -0.39 is 0 Å². The molecule has 0 aliphatic rings. The Kier molecular flexibility index (Phi) is 4.46. The van der Waals surface area contributed by atoms with Gasteiger partial charge in [0, 0.05) is 35.8 Å². The maximum Gasteiger partial charge on any atom is 0.131 e. The molecule has 5 nitrogen and oxygen atoms in total. The van der Waals surface area contributed by atoms with Crippen LogP contribution in [0.15, 0.2) is 35.3 Å². The SMILES string of the molecule is CCCn1ccnc1C(NN)c1cncc(Br)c1. The summed E-state index contributed by atoms with van der Waals surface area (Å²) in [5.41, 5.74) is 3.78. The molecule has 0 radical (unpaired) electrons. The van der Waals surface area contributed by atoms with Crippen LogP contribution in [0.2, 0.25) is 0 Å². The summed E-state index contributed by atoms with van der Waals surface area (Å²) in [5.74, 6) is 6.57. The van der Waals surface area contributed by atoms with Gasteiger partial charge in [0.1, 0.15) is 11.9 Å². The van der Waals surface area contributed by atoms with Gasteiger partial charge in [-0.2, -0.15) is 0 Å². The molecule has 1 atom stereocenters. The second kappa shape index (κ2) is 6.08. The number of aromatic nitrogens is 3. The van der Waals surface area contributed by atoms with E-state index in [1.54, 1.807) is 18.6 Å². The van der Waals surface area contributed by atoms with E-state index in [1.165, 1.54) is 0 Å². The summed E-state index contributed by atoms with van der Waals surface area (Å²) in [4.78, 5) is 8.55. The third kappa shape index (κ3) is 2.77. The molecule has 0 aliphatic heterocycles. The summed E-state index contributed by atoms with van der Waals surface area (Å²) in [6, 6.07) is 1.83. The van der Waals surface area contributed by atoms with Gasteiger partial charge in [-0.1, -0.05) is 6.92 Å². The lowest BCUT2D eigenvalue weighted by atomic mass is 10.1. The van der Waals surface area contributed by atoms with Crippen LogP contribution in [0.3, 0.4) is 0 Å². The second-order valence-corrected chi connectivity index (χ2v) is 4.93. The van der Waals surface area contributed by atoms with Crippen molar-refractivity contribution in [2.75, 3.05) is 0 Å². The molecule has 0 aliphatic carbocycles. The first kappa shape index (κ1) is 13.2. The fourth-order valence-corrected chi connectivity index (χ4v) is 2.30. The highest BCUT2D eigenvalue weighted by Crippen LogP contribution is 2.22. The highest BCUT2D eigenvalue weighted by molar-refractivity contribution is 9.10. The van der Waals surface area contributed by atoms with Gasteiger partial charge in [0.05, 0.1) is 0 Å². The monoisotopic (exact) mass is 309 g/mol. The van der Waals surface area contributed by atoms with Crippen LogP contribution in [-0.2, 0) is 6.54 Å². The second-order valence-electron chi connectivity index (χ2n) is 4.02. The normalized spacial score (nSPS) is 12.6. The molecule has 0 aromatic carbocycles. The summed E-state index contributed by atoms with van der Waals surface area (Å²) in [6.07, 6.45) is 8.35. The van der Waals surface area contributed by atoms with Crippen molar-refractivity contribution in [1.29, 1.82) is 0 Å². The Labute approximate surface area is 115 Å². The van der Waals surface area contributed by atoms with Crippen molar-refractivity contribution >= 4 is 15.9 Å². The summed E-state index contributed by atoms with van der Waals surface area (Å²) in [5, 5.41) is 0. The number of aryl methyl sites for hydroxylation is 1. The molecule has 2 aromatic rings. The molecule has 0 fully saturated rings. The molecule has 0 saturated heterocycles. The minimum atomic E-state index is -0.156. The van der Waals surface area contributed by atoms with E-state index >= 15 is 0 Å². The largest absolute Gasteiger partial charge is 0.333 e. The predicted octanol–water partition coefficient (Wildman–Crippen LogP) is 2.00. The van der Waals surface area contributed by atoms with Crippen LogP contribution in [0, 0.1) is 0 Å². The average Bonchev–Trinajstić information content (AvgIpc) is 2.79. The fraction of sp³-hybridized carbons (Fsp3) is 0.333. The van der Waals surface area contributed by atoms with Gasteiger partial charge in [0.25, 0.3) is 0 Å². The van der Waals surface area contributed by atoms with Gasteiger partial charge in [0.15, 0.2) is 0 Å². The molecule has 2 rings (SSSR count). The molecular formula is C12H16BrN5. The summed E-state index contributed by atoms with van der Waals surface area (Å²) in [6.45, 7) is 3.06. The van der Waals surface area contributed by atoms with E-state index in [-0.39, 0.29) is 6.04 Å². The zero-order valence-electron chi connectivity index (χ0n) is 10.2. The van der Waals surface area contributed by atoms with E-state index in [0.717, 1.165) is 28.8 Å². The lowest BCUT2D eigenvalue weighted by molar-refractivity contribution is 0.544. The Morgan fingerprint density at radius 1 is 1.50 bits per heavy atom. The van der Waals surface area contributed by atoms with E-state index in [0.29, 0.717) is 0 Å². The topological polar surface area (TPSA) is 68.8 Å². The van der Waals surface area contributed by atoms with Gasteiger partial charge in [-0.15, -0.1) is 0 Å². The van der Waals surface area contributed by atoms with Gasteiger partial charge in [0.2, 0.25) is 0 Å². The number of halogens is 1. The summed E-state index contributed by atoms with van der Waals surface area (Å²) >= 11 is 3.41. The lowest BCUT2D eigenvalue weighted by Gasteiger charge is -2.17. The first-order valence-electron chi connectivity index (χ1n) is 5.84. The van der Waals surface area contributed by atoms with Crippen LogP contribution in [0.1, 0.15) is 30.8 Å². The Bertz CT molecular complexity index is 511. The van der Waals surface area contributed by atoms with Gasteiger partial charge in [-0.25, -0.2) is 10.4 Å². The number of nitrogens with one attached hydrogen (secondary N) is 1. The average molecular weight is 310 g/mol. The molecule has 0 amide bonds. The first-order valence-corrected chi connectivity index (χ1v) is 6.63. The van der Waals surface area contributed by atoms with Crippen LogP contribution < -0.4 is 11.3 Å². The smallest absolute Gasteiger partial charge is 0.131 e. The zero-order chi connectivity index (χ0) is 13.0. The maximum absolute atomic E-state index is 5.66. The van der Waals surface area contributed by atoms with Crippen molar-refractivity contribution in [3.63, 3.8) is 0 Å². The zero-order valence-corrected chi connectivity index (χ0v) is 11.8. The first-order chi connectivity index (χ1) is 8.76. The Morgan fingerprint density at radius 3 is 3.00 bits per heavy atom. The van der Waals surface area contributed by atoms with Gasteiger partial charge < -0.3 is 4.57 Å². The molecule has 0 spiro atoms. The molecule has 0 bridgehead atoms. The Morgan fingerprint density at radius 2 is 2.33 bits per heavy atom. The van der Waals surface area contributed by atoms with Gasteiger partial charge in [-0.3, -0.25) is 10.8 Å². The van der Waals surface area contributed by atoms with Crippen molar-refractivity contribution in [3.8, 4) is 0 Å². The van der Waals surface area contributed by atoms with Crippen LogP contribution >= 0.6 is 15.9 Å². The fourth-order valence-electron chi connectivity index (χ4n) is 1.92. The lowest BCUT2D eigenvalue weighted by Crippen LogP contribution is -2.31. The van der Waals surface area contributed by atoms with E-state index in [1.807, 2.05) is 12.3 Å². The Hall–Kier alpha value is -1.24. The number of rotatable bonds is 5. The van der Waals surface area contributed by atoms with Crippen molar-refractivity contribution in [2.45, 2.75) is 25.9 Å². The maximum atomic E-state index is 5.66. The number of hydrogen-bond acceptors (Lipinski definition) is 4. The van der Waals surface area contributed by atoms with Gasteiger partial charge >= 0.3 is 0 Å². The van der Waals surface area contributed by atoms with Crippen LogP contribution in [0.5, 0.6) is 0 Å². The van der Waals surface area contributed by atoms with Gasteiger partial charge in [-0.05, 0) is 34.0 Å². The highest BCUT2D eigenvalue weighted by atomic mass is 79.9. The minimum absolute atomic E-state index is 0.156. The molecule has 2 heterocycles. The third-order valence-electron chi connectivity index (χ3n) is 2.70. The quantitative estimate of drug-likeness (QED) is 0.655. The Balaban J connectivity index is 2.36. The van der Waals surface area contributed by atoms with Crippen molar-refractivity contribution in [2.24, 2.45) is 5.84 Å². The number of nitrogens with two attached hydrogens (primary N) is 1. The van der Waals surface area contributed by atoms with Crippen molar-refractivity contribution in [3.05, 3.63) is 46.7 Å². The molecule has 18 heavy (non-hydrogen) atoms. The molecular weight excluding hydrogens is 294 g/mol. The molecule has 1 unspecified atom stereocenters. The standard InChI is InChI=1S/C12H16BrN5/c1-2-4-18-5-3-16-12(18)11(17-14)9-6-10(13)8-15-7-9/h3,5-8,11,17H,2,4,14H2,1H3. The predicted molar refractivity (Wildman–Crippen MR) is 73.6 cm³/mol. The molecule has 0 saturated carbocycles. The van der Waals surface area contributed by atoms with Crippen LogP contribution in [0.4, 0.5) is 0 Å². The van der Waals surface area contributed by atoms with Crippen molar-refractivity contribution < 1.29 is 0 Å². The highest BCUT2D eigenvalue weighted by Gasteiger charge is 2.18. The van der Waals surface area contributed by atoms with Crippen LogP contribution in [-0.4, -0.2) is 14.5 Å².